The van der Waals surface area contributed by atoms with Crippen molar-refractivity contribution in [2.45, 2.75) is 13.5 Å². The zero-order valence-corrected chi connectivity index (χ0v) is 11.7. The van der Waals surface area contributed by atoms with Crippen LogP contribution in [0.25, 0.3) is 0 Å². The fourth-order valence-corrected chi connectivity index (χ4v) is 2.05. The van der Waals surface area contributed by atoms with Gasteiger partial charge in [0.1, 0.15) is 12.4 Å². The molecule has 0 spiro atoms. The Balaban J connectivity index is 2.25. The molecule has 0 N–H and O–H groups in total. The van der Waals surface area contributed by atoms with Crippen molar-refractivity contribution in [2.75, 3.05) is 6.54 Å². The molecule has 0 fully saturated rings. The molecule has 4 heteroatoms. The predicted molar refractivity (Wildman–Crippen MR) is 77.9 cm³/mol. The molecule has 0 saturated carbocycles. The van der Waals surface area contributed by atoms with Gasteiger partial charge >= 0.3 is 0 Å². The summed E-state index contributed by atoms with van der Waals surface area (Å²) in [7, 11) is 0. The van der Waals surface area contributed by atoms with Crippen molar-refractivity contribution >= 4 is 5.91 Å². The van der Waals surface area contributed by atoms with Crippen LogP contribution in [-0.2, 0) is 6.54 Å². The maximum atomic E-state index is 13.9. The Morgan fingerprint density at radius 2 is 1.95 bits per heavy atom. The van der Waals surface area contributed by atoms with Crippen molar-refractivity contribution in [2.24, 2.45) is 0 Å². The molecule has 0 aliphatic carbocycles. The second-order valence-electron chi connectivity index (χ2n) is 4.79. The summed E-state index contributed by atoms with van der Waals surface area (Å²) in [6.45, 7) is 1.95. The number of halogens is 1. The summed E-state index contributed by atoms with van der Waals surface area (Å²) in [6, 6.07) is 15.7. The average Bonchev–Trinajstić information content (AvgIpc) is 2.47. The van der Waals surface area contributed by atoms with Gasteiger partial charge in [0, 0.05) is 6.54 Å². The largest absolute Gasteiger partial charge is 0.321 e. The number of hydrogen-bond donors (Lipinski definition) is 0. The van der Waals surface area contributed by atoms with Crippen LogP contribution in [0.3, 0.4) is 0 Å². The van der Waals surface area contributed by atoms with Gasteiger partial charge in [-0.2, -0.15) is 5.26 Å². The Bertz CT molecular complexity index is 677. The van der Waals surface area contributed by atoms with Gasteiger partial charge in [0.15, 0.2) is 0 Å². The van der Waals surface area contributed by atoms with Crippen LogP contribution in [0.4, 0.5) is 4.39 Å². The molecule has 2 aromatic rings. The van der Waals surface area contributed by atoms with Gasteiger partial charge in [-0.05, 0) is 30.2 Å². The summed E-state index contributed by atoms with van der Waals surface area (Å²) >= 11 is 0. The molecule has 0 saturated heterocycles. The third-order valence-corrected chi connectivity index (χ3v) is 3.12. The molecule has 21 heavy (non-hydrogen) atoms. The van der Waals surface area contributed by atoms with Gasteiger partial charge in [-0.25, -0.2) is 4.39 Å². The van der Waals surface area contributed by atoms with Crippen molar-refractivity contribution < 1.29 is 9.18 Å². The minimum atomic E-state index is -0.559. The molecule has 0 heterocycles. The van der Waals surface area contributed by atoms with E-state index < -0.39 is 11.7 Å². The quantitative estimate of drug-likeness (QED) is 0.808. The number of benzene rings is 2. The van der Waals surface area contributed by atoms with E-state index in [0.717, 1.165) is 11.1 Å². The van der Waals surface area contributed by atoms with Crippen LogP contribution in [0.5, 0.6) is 0 Å². The van der Waals surface area contributed by atoms with E-state index in [1.165, 1.54) is 17.0 Å². The van der Waals surface area contributed by atoms with E-state index in [1.807, 2.05) is 36.4 Å². The van der Waals surface area contributed by atoms with Gasteiger partial charge in [-0.15, -0.1) is 0 Å². The van der Waals surface area contributed by atoms with Crippen LogP contribution in [0.15, 0.2) is 48.5 Å². The summed E-state index contributed by atoms with van der Waals surface area (Å²) in [4.78, 5) is 13.7. The molecule has 1 amide bonds. The molecular weight excluding hydrogens is 267 g/mol. The number of rotatable bonds is 4. The van der Waals surface area contributed by atoms with E-state index in [0.29, 0.717) is 0 Å². The smallest absolute Gasteiger partial charge is 0.257 e. The van der Waals surface area contributed by atoms with Crippen LogP contribution >= 0.6 is 0 Å². The van der Waals surface area contributed by atoms with Crippen molar-refractivity contribution in [3.05, 3.63) is 71.0 Å². The predicted octanol–water partition coefficient (Wildman–Crippen LogP) is 3.30. The van der Waals surface area contributed by atoms with Crippen LogP contribution in [-0.4, -0.2) is 17.4 Å². The summed E-state index contributed by atoms with van der Waals surface area (Å²) in [6.07, 6.45) is 0. The Kier molecular flexibility index (Phi) is 4.68. The standard InChI is InChI=1S/C17H15FN2O/c1-13-7-8-15(16(18)11-13)17(21)20(10-9-19)12-14-5-3-2-4-6-14/h2-8,11H,10,12H2,1H3. The Hall–Kier alpha value is -2.67. The molecule has 0 atom stereocenters. The van der Waals surface area contributed by atoms with Crippen molar-refractivity contribution in [3.8, 4) is 6.07 Å². The highest BCUT2D eigenvalue weighted by Crippen LogP contribution is 2.14. The molecular formula is C17H15FN2O. The fraction of sp³-hybridized carbons (Fsp3) is 0.176. The van der Waals surface area contributed by atoms with Crippen LogP contribution in [0.1, 0.15) is 21.5 Å². The lowest BCUT2D eigenvalue weighted by Crippen LogP contribution is -2.31. The Morgan fingerprint density at radius 1 is 1.24 bits per heavy atom. The Morgan fingerprint density at radius 3 is 2.57 bits per heavy atom. The molecule has 106 valence electrons. The monoisotopic (exact) mass is 282 g/mol. The van der Waals surface area contributed by atoms with E-state index in [-0.39, 0.29) is 18.7 Å². The third-order valence-electron chi connectivity index (χ3n) is 3.12. The molecule has 3 nitrogen and oxygen atoms in total. The molecule has 2 rings (SSSR count). The van der Waals surface area contributed by atoms with Crippen LogP contribution < -0.4 is 0 Å². The van der Waals surface area contributed by atoms with Gasteiger partial charge in [-0.1, -0.05) is 36.4 Å². The molecule has 0 aromatic heterocycles. The van der Waals surface area contributed by atoms with Gasteiger partial charge in [0.25, 0.3) is 5.91 Å². The zero-order valence-electron chi connectivity index (χ0n) is 11.7. The molecule has 0 aliphatic heterocycles. The maximum Gasteiger partial charge on any atom is 0.257 e. The number of aryl methyl sites for hydroxylation is 1. The maximum absolute atomic E-state index is 13.9. The first-order valence-electron chi connectivity index (χ1n) is 6.58. The SMILES string of the molecule is Cc1ccc(C(=O)N(CC#N)Cc2ccccc2)c(F)c1. The van der Waals surface area contributed by atoms with Gasteiger partial charge in [0.05, 0.1) is 11.6 Å². The summed E-state index contributed by atoms with van der Waals surface area (Å²) in [5, 5.41) is 8.89. The zero-order chi connectivity index (χ0) is 15.2. The number of nitriles is 1. The number of hydrogen-bond acceptors (Lipinski definition) is 2. The van der Waals surface area contributed by atoms with E-state index in [1.54, 1.807) is 13.0 Å². The van der Waals surface area contributed by atoms with Crippen LogP contribution in [0.2, 0.25) is 0 Å². The number of carbonyl (C=O) groups is 1. The third kappa shape index (κ3) is 3.67. The molecule has 2 aromatic carbocycles. The molecule has 0 unspecified atom stereocenters. The van der Waals surface area contributed by atoms with Gasteiger partial charge in [0.2, 0.25) is 0 Å². The molecule has 0 radical (unpaired) electrons. The van der Waals surface area contributed by atoms with Gasteiger partial charge < -0.3 is 4.90 Å². The van der Waals surface area contributed by atoms with Gasteiger partial charge in [-0.3, -0.25) is 4.79 Å². The highest BCUT2D eigenvalue weighted by molar-refractivity contribution is 5.94. The molecule has 0 bridgehead atoms. The first-order valence-corrected chi connectivity index (χ1v) is 6.58. The molecule has 0 aliphatic rings. The van der Waals surface area contributed by atoms with Crippen molar-refractivity contribution in [3.63, 3.8) is 0 Å². The lowest BCUT2D eigenvalue weighted by Gasteiger charge is -2.20. The number of amides is 1. The van der Waals surface area contributed by atoms with Crippen molar-refractivity contribution in [1.29, 1.82) is 5.26 Å². The fourth-order valence-electron chi connectivity index (χ4n) is 2.05. The summed E-state index contributed by atoms with van der Waals surface area (Å²) in [5.41, 5.74) is 1.64. The van der Waals surface area contributed by atoms with E-state index in [9.17, 15) is 9.18 Å². The normalized spacial score (nSPS) is 9.95. The Labute approximate surface area is 123 Å². The minimum Gasteiger partial charge on any atom is -0.321 e. The summed E-state index contributed by atoms with van der Waals surface area (Å²) in [5.74, 6) is -1.03. The highest BCUT2D eigenvalue weighted by atomic mass is 19.1. The van der Waals surface area contributed by atoms with E-state index in [2.05, 4.69) is 0 Å². The average molecular weight is 282 g/mol. The van der Waals surface area contributed by atoms with E-state index >= 15 is 0 Å². The first kappa shape index (κ1) is 14.7. The van der Waals surface area contributed by atoms with E-state index in [4.69, 9.17) is 5.26 Å². The highest BCUT2D eigenvalue weighted by Gasteiger charge is 2.19. The second kappa shape index (κ2) is 6.67. The topological polar surface area (TPSA) is 44.1 Å². The van der Waals surface area contributed by atoms with Crippen LogP contribution in [0, 0.1) is 24.1 Å². The lowest BCUT2D eigenvalue weighted by atomic mass is 10.1. The number of nitrogens with zero attached hydrogens (tertiary/aromatic N) is 2. The summed E-state index contributed by atoms with van der Waals surface area (Å²) < 4.78 is 13.9. The van der Waals surface area contributed by atoms with Crippen molar-refractivity contribution in [1.82, 2.24) is 4.90 Å². The number of carbonyl (C=O) groups excluding carboxylic acids is 1. The second-order valence-corrected chi connectivity index (χ2v) is 4.79. The minimum absolute atomic E-state index is 0.00761. The first-order chi connectivity index (χ1) is 10.1. The lowest BCUT2D eigenvalue weighted by molar-refractivity contribution is 0.0760.